The van der Waals surface area contributed by atoms with Gasteiger partial charge in [0.05, 0.1) is 12.5 Å². The van der Waals surface area contributed by atoms with Crippen molar-refractivity contribution in [2.45, 2.75) is 26.0 Å². The number of hydrogen-bond acceptors (Lipinski definition) is 4. The predicted molar refractivity (Wildman–Crippen MR) is 65.3 cm³/mol. The Labute approximate surface area is 101 Å². The van der Waals surface area contributed by atoms with Gasteiger partial charge in [-0.25, -0.2) is 0 Å². The normalized spacial score (nSPS) is 12.2. The zero-order valence-corrected chi connectivity index (χ0v) is 10.3. The summed E-state index contributed by atoms with van der Waals surface area (Å²) in [5, 5.41) is 2.80. The Bertz CT molecular complexity index is 347. The molecular weight excluding hydrogens is 218 g/mol. The van der Waals surface area contributed by atoms with Gasteiger partial charge in [-0.3, -0.25) is 9.78 Å². The lowest BCUT2D eigenvalue weighted by Crippen LogP contribution is -2.31. The lowest BCUT2D eigenvalue weighted by molar-refractivity contribution is -0.123. The molecule has 0 saturated heterocycles. The summed E-state index contributed by atoms with van der Waals surface area (Å²) in [6.07, 6.45) is 1.82. The van der Waals surface area contributed by atoms with Crippen LogP contribution in [0.15, 0.2) is 18.3 Å². The molecule has 94 valence electrons. The molecule has 1 heterocycles. The molecule has 0 fully saturated rings. The van der Waals surface area contributed by atoms with Crippen molar-refractivity contribution in [2.24, 2.45) is 5.73 Å². The van der Waals surface area contributed by atoms with Crippen LogP contribution in [0.3, 0.4) is 0 Å². The van der Waals surface area contributed by atoms with Gasteiger partial charge in [-0.2, -0.15) is 0 Å². The molecule has 0 aromatic carbocycles. The molecule has 0 saturated carbocycles. The molecule has 5 nitrogen and oxygen atoms in total. The van der Waals surface area contributed by atoms with Crippen LogP contribution < -0.4 is 11.1 Å². The van der Waals surface area contributed by atoms with Gasteiger partial charge in [0.25, 0.3) is 0 Å². The molecule has 5 heteroatoms. The van der Waals surface area contributed by atoms with Gasteiger partial charge in [0.1, 0.15) is 0 Å². The zero-order valence-electron chi connectivity index (χ0n) is 10.3. The highest BCUT2D eigenvalue weighted by Gasteiger charge is 2.10. The second kappa shape index (κ2) is 6.98. The topological polar surface area (TPSA) is 77.2 Å². The van der Waals surface area contributed by atoms with Gasteiger partial charge in [0.15, 0.2) is 0 Å². The van der Waals surface area contributed by atoms with E-state index in [4.69, 9.17) is 10.5 Å². The Morgan fingerprint density at radius 3 is 2.88 bits per heavy atom. The molecule has 1 rings (SSSR count). The minimum Gasteiger partial charge on any atom is -0.380 e. The van der Waals surface area contributed by atoms with Crippen LogP contribution in [0.5, 0.6) is 0 Å². The molecule has 1 aromatic heterocycles. The molecule has 0 aliphatic carbocycles. The molecular formula is C12H19N3O2. The number of amides is 1. The average Bonchev–Trinajstić information content (AvgIpc) is 2.35. The quantitative estimate of drug-likeness (QED) is 0.749. The molecule has 1 aromatic rings. The van der Waals surface area contributed by atoms with Gasteiger partial charge in [0, 0.05) is 32.1 Å². The first-order valence-electron chi connectivity index (χ1n) is 5.56. The molecule has 0 bridgehead atoms. The van der Waals surface area contributed by atoms with E-state index in [1.807, 2.05) is 19.1 Å². The summed E-state index contributed by atoms with van der Waals surface area (Å²) in [7, 11) is 1.55. The number of carbonyl (C=O) groups is 1. The summed E-state index contributed by atoms with van der Waals surface area (Å²) < 4.78 is 5.04. The minimum absolute atomic E-state index is 0.0668. The Kier molecular flexibility index (Phi) is 5.59. The fourth-order valence-electron chi connectivity index (χ4n) is 1.35. The summed E-state index contributed by atoms with van der Waals surface area (Å²) >= 11 is 0. The lowest BCUT2D eigenvalue weighted by atomic mass is 10.2. The highest BCUT2D eigenvalue weighted by molar-refractivity contribution is 5.76. The number of nitrogens with one attached hydrogen (secondary N) is 1. The summed E-state index contributed by atoms with van der Waals surface area (Å²) in [4.78, 5) is 15.7. The van der Waals surface area contributed by atoms with E-state index < -0.39 is 0 Å². The maximum atomic E-state index is 11.5. The van der Waals surface area contributed by atoms with Crippen LogP contribution in [0.25, 0.3) is 0 Å². The number of pyridine rings is 1. The van der Waals surface area contributed by atoms with Gasteiger partial charge in [-0.1, -0.05) is 6.07 Å². The van der Waals surface area contributed by atoms with E-state index in [2.05, 4.69) is 10.3 Å². The number of carbonyl (C=O) groups excluding carboxylic acids is 1. The predicted octanol–water partition coefficient (Wildman–Crippen LogP) is 0.370. The van der Waals surface area contributed by atoms with Crippen LogP contribution in [0, 0.1) is 6.92 Å². The molecule has 17 heavy (non-hydrogen) atoms. The van der Waals surface area contributed by atoms with Crippen molar-refractivity contribution in [1.82, 2.24) is 10.3 Å². The lowest BCUT2D eigenvalue weighted by Gasteiger charge is -2.12. The zero-order chi connectivity index (χ0) is 12.7. The second-order valence-corrected chi connectivity index (χ2v) is 3.88. The highest BCUT2D eigenvalue weighted by atomic mass is 16.5. The van der Waals surface area contributed by atoms with E-state index in [1.54, 1.807) is 13.3 Å². The first kappa shape index (κ1) is 13.6. The standard InChI is InChI=1S/C12H19N3O2/c1-9-3-4-10(7-14-9)8-15-12(16)5-11(6-13)17-2/h3-4,7,11H,5-6,8,13H2,1-2H3,(H,15,16). The van der Waals surface area contributed by atoms with Gasteiger partial charge in [0.2, 0.25) is 5.91 Å². The van der Waals surface area contributed by atoms with Gasteiger partial charge < -0.3 is 15.8 Å². The number of aryl methyl sites for hydroxylation is 1. The third-order valence-electron chi connectivity index (χ3n) is 2.47. The van der Waals surface area contributed by atoms with Crippen LogP contribution >= 0.6 is 0 Å². The van der Waals surface area contributed by atoms with Crippen LogP contribution in [0.4, 0.5) is 0 Å². The molecule has 0 spiro atoms. The van der Waals surface area contributed by atoms with Crippen molar-refractivity contribution in [3.8, 4) is 0 Å². The minimum atomic E-state index is -0.217. The van der Waals surface area contributed by atoms with Crippen molar-refractivity contribution < 1.29 is 9.53 Å². The Hall–Kier alpha value is -1.46. The fourth-order valence-corrected chi connectivity index (χ4v) is 1.35. The second-order valence-electron chi connectivity index (χ2n) is 3.88. The number of nitrogens with zero attached hydrogens (tertiary/aromatic N) is 1. The van der Waals surface area contributed by atoms with E-state index in [-0.39, 0.29) is 18.4 Å². The third kappa shape index (κ3) is 4.93. The maximum Gasteiger partial charge on any atom is 0.222 e. The highest BCUT2D eigenvalue weighted by Crippen LogP contribution is 2.00. The molecule has 0 radical (unpaired) electrons. The van der Waals surface area contributed by atoms with Gasteiger partial charge >= 0.3 is 0 Å². The van der Waals surface area contributed by atoms with Crippen molar-refractivity contribution in [3.05, 3.63) is 29.6 Å². The summed E-state index contributed by atoms with van der Waals surface area (Å²) in [5.74, 6) is -0.0668. The first-order valence-corrected chi connectivity index (χ1v) is 5.56. The molecule has 3 N–H and O–H groups in total. The molecule has 0 aliphatic rings. The Balaban J connectivity index is 2.35. The van der Waals surface area contributed by atoms with Gasteiger partial charge in [-0.15, -0.1) is 0 Å². The maximum absolute atomic E-state index is 11.5. The van der Waals surface area contributed by atoms with E-state index >= 15 is 0 Å². The Morgan fingerprint density at radius 1 is 1.59 bits per heavy atom. The summed E-state index contributed by atoms with van der Waals surface area (Å²) in [5.41, 5.74) is 7.38. The number of rotatable bonds is 6. The monoisotopic (exact) mass is 237 g/mol. The van der Waals surface area contributed by atoms with Crippen LogP contribution in [-0.4, -0.2) is 30.6 Å². The first-order chi connectivity index (χ1) is 8.15. The number of hydrogen-bond donors (Lipinski definition) is 2. The van der Waals surface area contributed by atoms with Gasteiger partial charge in [-0.05, 0) is 18.6 Å². The van der Waals surface area contributed by atoms with Crippen molar-refractivity contribution >= 4 is 5.91 Å². The number of aromatic nitrogens is 1. The summed E-state index contributed by atoms with van der Waals surface area (Å²) in [6.45, 7) is 2.75. The van der Waals surface area contributed by atoms with Crippen molar-refractivity contribution in [1.29, 1.82) is 0 Å². The van der Waals surface area contributed by atoms with Crippen LogP contribution in [-0.2, 0) is 16.1 Å². The molecule has 0 aliphatic heterocycles. The van der Waals surface area contributed by atoms with E-state index in [1.165, 1.54) is 0 Å². The van der Waals surface area contributed by atoms with Crippen molar-refractivity contribution in [2.75, 3.05) is 13.7 Å². The average molecular weight is 237 g/mol. The van der Waals surface area contributed by atoms with Crippen molar-refractivity contribution in [3.63, 3.8) is 0 Å². The fraction of sp³-hybridized carbons (Fsp3) is 0.500. The van der Waals surface area contributed by atoms with E-state index in [0.717, 1.165) is 11.3 Å². The summed E-state index contributed by atoms with van der Waals surface area (Å²) in [6, 6.07) is 3.86. The van der Waals surface area contributed by atoms with Crippen LogP contribution in [0.1, 0.15) is 17.7 Å². The van der Waals surface area contributed by atoms with E-state index in [0.29, 0.717) is 13.1 Å². The third-order valence-corrected chi connectivity index (χ3v) is 2.47. The number of nitrogens with two attached hydrogens (primary N) is 1. The van der Waals surface area contributed by atoms with E-state index in [9.17, 15) is 4.79 Å². The molecule has 1 amide bonds. The smallest absolute Gasteiger partial charge is 0.222 e. The Morgan fingerprint density at radius 2 is 2.35 bits per heavy atom. The number of methoxy groups -OCH3 is 1. The largest absolute Gasteiger partial charge is 0.380 e. The SMILES string of the molecule is COC(CN)CC(=O)NCc1ccc(C)nc1. The van der Waals surface area contributed by atoms with Crippen LogP contribution in [0.2, 0.25) is 0 Å². The molecule has 1 atom stereocenters. The molecule has 1 unspecified atom stereocenters. The number of ether oxygens (including phenoxy) is 1.